The number of hydrogen-bond donors (Lipinski definition) is 0. The van der Waals surface area contributed by atoms with Crippen LogP contribution >= 0.6 is 15.9 Å². The summed E-state index contributed by atoms with van der Waals surface area (Å²) in [5, 5.41) is 2.83. The molecule has 0 saturated carbocycles. The van der Waals surface area contributed by atoms with E-state index in [9.17, 15) is 4.91 Å². The van der Waals surface area contributed by atoms with Gasteiger partial charge in [-0.05, 0) is 39.7 Å². The fourth-order valence-corrected chi connectivity index (χ4v) is 1.04. The third-order valence-electron chi connectivity index (χ3n) is 1.27. The lowest BCUT2D eigenvalue weighted by atomic mass is 10.2. The fourth-order valence-electron chi connectivity index (χ4n) is 0.702. The van der Waals surface area contributed by atoms with Gasteiger partial charge >= 0.3 is 0 Å². The summed E-state index contributed by atoms with van der Waals surface area (Å²) in [6.07, 6.45) is 0. The average Bonchev–Trinajstić information content (AvgIpc) is 1.95. The highest BCUT2D eigenvalue weighted by molar-refractivity contribution is 9.10. The van der Waals surface area contributed by atoms with Crippen molar-refractivity contribution in [3.63, 3.8) is 0 Å². The minimum atomic E-state index is 0.458. The van der Waals surface area contributed by atoms with Gasteiger partial charge in [0.15, 0.2) is 0 Å². The van der Waals surface area contributed by atoms with Crippen LogP contribution in [-0.4, -0.2) is 0 Å². The molecule has 0 N–H and O–H groups in total. The molecule has 0 bridgehead atoms. The van der Waals surface area contributed by atoms with E-state index in [-0.39, 0.29) is 0 Å². The molecule has 0 aliphatic heterocycles. The Morgan fingerprint density at radius 1 is 1.50 bits per heavy atom. The molecule has 0 fully saturated rings. The van der Waals surface area contributed by atoms with Crippen molar-refractivity contribution in [3.05, 3.63) is 33.1 Å². The van der Waals surface area contributed by atoms with Crippen LogP contribution in [-0.2, 0) is 0 Å². The Bertz CT molecular complexity index is 260. The normalized spacial score (nSPS) is 9.40. The molecule has 0 heterocycles. The van der Waals surface area contributed by atoms with Crippen molar-refractivity contribution >= 4 is 21.6 Å². The maximum atomic E-state index is 10.1. The third-order valence-corrected chi connectivity index (χ3v) is 2.30. The largest absolute Gasteiger partial charge is 0.145 e. The molecule has 52 valence electrons. The van der Waals surface area contributed by atoms with E-state index in [1.807, 2.05) is 13.0 Å². The van der Waals surface area contributed by atoms with E-state index in [2.05, 4.69) is 21.1 Å². The first-order valence-corrected chi connectivity index (χ1v) is 3.63. The number of halogens is 1. The highest BCUT2D eigenvalue weighted by atomic mass is 79.9. The zero-order valence-corrected chi connectivity index (χ0v) is 7.05. The zero-order valence-electron chi connectivity index (χ0n) is 5.47. The van der Waals surface area contributed by atoms with Gasteiger partial charge in [0.05, 0.1) is 0 Å². The molecule has 0 radical (unpaired) electrons. The second-order valence-electron chi connectivity index (χ2n) is 2.00. The molecule has 0 unspecified atom stereocenters. The SMILES string of the molecule is Cc1cccc(N=O)c1Br. The first-order chi connectivity index (χ1) is 4.75. The average molecular weight is 200 g/mol. The lowest BCUT2D eigenvalue weighted by Crippen LogP contribution is -1.73. The van der Waals surface area contributed by atoms with Gasteiger partial charge in [-0.2, -0.15) is 0 Å². The second-order valence-corrected chi connectivity index (χ2v) is 2.79. The predicted molar refractivity (Wildman–Crippen MR) is 44.3 cm³/mol. The summed E-state index contributed by atoms with van der Waals surface area (Å²) < 4.78 is 0.782. The van der Waals surface area contributed by atoms with E-state index in [0.717, 1.165) is 10.0 Å². The van der Waals surface area contributed by atoms with Gasteiger partial charge in [-0.25, -0.2) is 0 Å². The van der Waals surface area contributed by atoms with Crippen molar-refractivity contribution in [2.75, 3.05) is 0 Å². The molecule has 2 nitrogen and oxygen atoms in total. The maximum absolute atomic E-state index is 10.1. The molecule has 0 amide bonds. The van der Waals surface area contributed by atoms with Gasteiger partial charge in [-0.1, -0.05) is 12.1 Å². The minimum absolute atomic E-state index is 0.458. The summed E-state index contributed by atoms with van der Waals surface area (Å²) in [5.74, 6) is 0. The van der Waals surface area contributed by atoms with Crippen LogP contribution < -0.4 is 0 Å². The fraction of sp³-hybridized carbons (Fsp3) is 0.143. The first-order valence-electron chi connectivity index (χ1n) is 2.84. The summed E-state index contributed by atoms with van der Waals surface area (Å²) in [6.45, 7) is 1.92. The smallest absolute Gasteiger partial charge is 0.122 e. The van der Waals surface area contributed by atoms with Crippen LogP contribution in [0.2, 0.25) is 0 Å². The Morgan fingerprint density at radius 3 is 2.70 bits per heavy atom. The van der Waals surface area contributed by atoms with E-state index >= 15 is 0 Å². The zero-order chi connectivity index (χ0) is 7.56. The number of hydrogen-bond acceptors (Lipinski definition) is 2. The standard InChI is InChI=1S/C7H6BrNO/c1-5-3-2-4-6(9-10)7(5)8/h2-4H,1H3. The lowest BCUT2D eigenvalue weighted by molar-refractivity contribution is 1.38. The van der Waals surface area contributed by atoms with Gasteiger partial charge in [0, 0.05) is 4.47 Å². The summed E-state index contributed by atoms with van der Waals surface area (Å²) in [7, 11) is 0. The van der Waals surface area contributed by atoms with E-state index in [1.54, 1.807) is 12.1 Å². The highest BCUT2D eigenvalue weighted by Crippen LogP contribution is 2.27. The van der Waals surface area contributed by atoms with Crippen LogP contribution in [0.3, 0.4) is 0 Å². The van der Waals surface area contributed by atoms with Gasteiger partial charge in [-0.3, -0.25) is 0 Å². The molecule has 0 spiro atoms. The molecule has 1 rings (SSSR count). The van der Waals surface area contributed by atoms with Gasteiger partial charge in [-0.15, -0.1) is 4.91 Å². The third kappa shape index (κ3) is 1.24. The molecule has 0 saturated heterocycles. The molecular weight excluding hydrogens is 194 g/mol. The molecule has 0 atom stereocenters. The maximum Gasteiger partial charge on any atom is 0.122 e. The first kappa shape index (κ1) is 7.41. The number of nitroso groups, excluding NO2 is 1. The van der Waals surface area contributed by atoms with E-state index in [4.69, 9.17) is 0 Å². The summed E-state index contributed by atoms with van der Waals surface area (Å²) in [6, 6.07) is 5.39. The number of benzene rings is 1. The number of aryl methyl sites for hydroxylation is 1. The second kappa shape index (κ2) is 2.92. The van der Waals surface area contributed by atoms with Crippen molar-refractivity contribution in [2.24, 2.45) is 5.18 Å². The van der Waals surface area contributed by atoms with Crippen LogP contribution in [0, 0.1) is 11.8 Å². The van der Waals surface area contributed by atoms with Gasteiger partial charge in [0.25, 0.3) is 0 Å². The molecule has 0 aliphatic carbocycles. The predicted octanol–water partition coefficient (Wildman–Crippen LogP) is 3.16. The van der Waals surface area contributed by atoms with Gasteiger partial charge in [0.1, 0.15) is 5.69 Å². The summed E-state index contributed by atoms with van der Waals surface area (Å²) in [5.41, 5.74) is 1.48. The topological polar surface area (TPSA) is 29.4 Å². The van der Waals surface area contributed by atoms with E-state index in [1.165, 1.54) is 0 Å². The van der Waals surface area contributed by atoms with Crippen molar-refractivity contribution in [3.8, 4) is 0 Å². The van der Waals surface area contributed by atoms with Crippen molar-refractivity contribution in [2.45, 2.75) is 6.92 Å². The Morgan fingerprint density at radius 2 is 2.20 bits per heavy atom. The Labute approximate surface area is 67.4 Å². The molecular formula is C7H6BrNO. The Balaban J connectivity index is 3.27. The number of rotatable bonds is 1. The minimum Gasteiger partial charge on any atom is -0.145 e. The van der Waals surface area contributed by atoms with Crippen molar-refractivity contribution in [1.29, 1.82) is 0 Å². The van der Waals surface area contributed by atoms with E-state index < -0.39 is 0 Å². The molecule has 1 aromatic carbocycles. The van der Waals surface area contributed by atoms with Crippen LogP contribution in [0.1, 0.15) is 5.56 Å². The van der Waals surface area contributed by atoms with Gasteiger partial charge < -0.3 is 0 Å². The van der Waals surface area contributed by atoms with Crippen molar-refractivity contribution < 1.29 is 0 Å². The molecule has 0 aliphatic rings. The van der Waals surface area contributed by atoms with Crippen LogP contribution in [0.5, 0.6) is 0 Å². The quantitative estimate of drug-likeness (QED) is 0.640. The van der Waals surface area contributed by atoms with Crippen LogP contribution in [0.4, 0.5) is 5.69 Å². The Hall–Kier alpha value is -0.700. The molecule has 1 aromatic rings. The molecule has 10 heavy (non-hydrogen) atoms. The summed E-state index contributed by atoms with van der Waals surface area (Å²) in [4.78, 5) is 10.1. The summed E-state index contributed by atoms with van der Waals surface area (Å²) >= 11 is 3.25. The lowest BCUT2D eigenvalue weighted by Gasteiger charge is -1.96. The monoisotopic (exact) mass is 199 g/mol. The van der Waals surface area contributed by atoms with Gasteiger partial charge in [0.2, 0.25) is 0 Å². The molecule has 0 aromatic heterocycles. The van der Waals surface area contributed by atoms with Crippen LogP contribution in [0.25, 0.3) is 0 Å². The Kier molecular flexibility index (Phi) is 2.17. The van der Waals surface area contributed by atoms with E-state index in [0.29, 0.717) is 5.69 Å². The molecule has 3 heteroatoms. The van der Waals surface area contributed by atoms with Crippen LogP contribution in [0.15, 0.2) is 27.8 Å². The highest BCUT2D eigenvalue weighted by Gasteiger charge is 1.99. The van der Waals surface area contributed by atoms with Crippen molar-refractivity contribution in [1.82, 2.24) is 0 Å². The number of nitrogens with zero attached hydrogens (tertiary/aromatic N) is 1.